The number of unbranched alkanes of at least 4 members (excludes halogenated alkanes) is 4. The molecule has 146 valence electrons. The van der Waals surface area contributed by atoms with Gasteiger partial charge in [0.05, 0.1) is 6.54 Å². The maximum Gasteiger partial charge on any atom is 0.191 e. The molecular formula is C18H32IN7. The van der Waals surface area contributed by atoms with E-state index in [1.165, 1.54) is 32.2 Å². The molecule has 0 atom stereocenters. The Morgan fingerprint density at radius 2 is 1.85 bits per heavy atom. The first-order chi connectivity index (χ1) is 12.2. The highest BCUT2D eigenvalue weighted by Gasteiger charge is 2.05. The molecule has 0 aliphatic heterocycles. The highest BCUT2D eigenvalue weighted by Crippen LogP contribution is 2.03. The van der Waals surface area contributed by atoms with Crippen molar-refractivity contribution in [1.82, 2.24) is 30.1 Å². The lowest BCUT2D eigenvalue weighted by atomic mass is 10.1. The van der Waals surface area contributed by atoms with Crippen LogP contribution in [0.15, 0.2) is 29.4 Å². The summed E-state index contributed by atoms with van der Waals surface area (Å²) in [4.78, 5) is 6.51. The second-order valence-corrected chi connectivity index (χ2v) is 6.47. The van der Waals surface area contributed by atoms with Gasteiger partial charge in [0, 0.05) is 19.8 Å². The van der Waals surface area contributed by atoms with Crippen molar-refractivity contribution < 1.29 is 0 Å². The van der Waals surface area contributed by atoms with Crippen LogP contribution in [0.25, 0.3) is 5.65 Å². The lowest BCUT2D eigenvalue weighted by molar-refractivity contribution is 0.389. The van der Waals surface area contributed by atoms with Crippen molar-refractivity contribution in [3.8, 4) is 0 Å². The van der Waals surface area contributed by atoms with E-state index in [2.05, 4.69) is 44.8 Å². The number of aliphatic imine (C=N–C) groups is 1. The molecule has 0 aliphatic carbocycles. The summed E-state index contributed by atoms with van der Waals surface area (Å²) < 4.78 is 1.98. The second-order valence-electron chi connectivity index (χ2n) is 6.47. The van der Waals surface area contributed by atoms with E-state index in [-0.39, 0.29) is 24.0 Å². The van der Waals surface area contributed by atoms with Gasteiger partial charge in [-0.15, -0.1) is 34.2 Å². The summed E-state index contributed by atoms with van der Waals surface area (Å²) in [6, 6.07) is 5.88. The standard InChI is InChI=1S/C18H31N7.HI/c1-19-18(20-12-8-5-4-6-9-13-24(2)3)21-15-17-23-22-16-11-7-10-14-25(16)17;/h7,10-11,14H,4-6,8-9,12-13,15H2,1-3H3,(H2,19,20,21);1H. The van der Waals surface area contributed by atoms with Gasteiger partial charge in [-0.2, -0.15) is 0 Å². The SMILES string of the molecule is CN=C(NCCCCCCCN(C)C)NCc1nnc2ccccn12.I. The van der Waals surface area contributed by atoms with Crippen LogP contribution in [0, 0.1) is 0 Å². The molecule has 0 bridgehead atoms. The van der Waals surface area contributed by atoms with Crippen molar-refractivity contribution in [2.45, 2.75) is 38.6 Å². The quantitative estimate of drug-likeness (QED) is 0.240. The Hall–Kier alpha value is -1.42. The third kappa shape index (κ3) is 7.86. The predicted octanol–water partition coefficient (Wildman–Crippen LogP) is 2.52. The summed E-state index contributed by atoms with van der Waals surface area (Å²) in [5, 5.41) is 15.0. The van der Waals surface area contributed by atoms with Gasteiger partial charge < -0.3 is 15.5 Å². The average Bonchev–Trinajstić information content (AvgIpc) is 3.03. The number of guanidine groups is 1. The topological polar surface area (TPSA) is 69.8 Å². The van der Waals surface area contributed by atoms with Crippen molar-refractivity contribution in [1.29, 1.82) is 0 Å². The molecular weight excluding hydrogens is 441 g/mol. The van der Waals surface area contributed by atoms with Gasteiger partial charge in [-0.3, -0.25) is 9.39 Å². The number of pyridine rings is 1. The Kier molecular flexibility index (Phi) is 11.2. The first-order valence-electron chi connectivity index (χ1n) is 9.08. The summed E-state index contributed by atoms with van der Waals surface area (Å²) in [6.07, 6.45) is 8.29. The smallest absolute Gasteiger partial charge is 0.191 e. The lowest BCUT2D eigenvalue weighted by Crippen LogP contribution is -2.37. The van der Waals surface area contributed by atoms with Crippen LogP contribution >= 0.6 is 24.0 Å². The molecule has 7 nitrogen and oxygen atoms in total. The van der Waals surface area contributed by atoms with Gasteiger partial charge in [0.25, 0.3) is 0 Å². The molecule has 0 aliphatic rings. The van der Waals surface area contributed by atoms with Gasteiger partial charge in [-0.25, -0.2) is 0 Å². The van der Waals surface area contributed by atoms with E-state index in [1.807, 2.05) is 28.8 Å². The van der Waals surface area contributed by atoms with Crippen LogP contribution in [0.2, 0.25) is 0 Å². The van der Waals surface area contributed by atoms with Crippen molar-refractivity contribution in [3.05, 3.63) is 30.2 Å². The number of rotatable bonds is 10. The molecule has 0 fully saturated rings. The van der Waals surface area contributed by atoms with Crippen LogP contribution in [0.5, 0.6) is 0 Å². The van der Waals surface area contributed by atoms with E-state index in [9.17, 15) is 0 Å². The van der Waals surface area contributed by atoms with E-state index >= 15 is 0 Å². The number of hydrogen-bond donors (Lipinski definition) is 2. The molecule has 0 unspecified atom stereocenters. The highest BCUT2D eigenvalue weighted by atomic mass is 127. The van der Waals surface area contributed by atoms with Gasteiger partial charge >= 0.3 is 0 Å². The van der Waals surface area contributed by atoms with Crippen LogP contribution < -0.4 is 10.6 Å². The first kappa shape index (κ1) is 22.6. The normalized spacial score (nSPS) is 11.6. The van der Waals surface area contributed by atoms with E-state index in [1.54, 1.807) is 7.05 Å². The Morgan fingerprint density at radius 1 is 1.08 bits per heavy atom. The van der Waals surface area contributed by atoms with E-state index in [4.69, 9.17) is 0 Å². The van der Waals surface area contributed by atoms with Gasteiger partial charge in [0.15, 0.2) is 17.4 Å². The molecule has 0 spiro atoms. The predicted molar refractivity (Wildman–Crippen MR) is 118 cm³/mol. The minimum atomic E-state index is 0. The maximum atomic E-state index is 4.27. The zero-order chi connectivity index (χ0) is 17.9. The number of nitrogens with one attached hydrogen (secondary N) is 2. The largest absolute Gasteiger partial charge is 0.356 e. The van der Waals surface area contributed by atoms with Crippen LogP contribution in [-0.2, 0) is 6.54 Å². The number of fused-ring (bicyclic) bond motifs is 1. The fourth-order valence-corrected chi connectivity index (χ4v) is 2.69. The van der Waals surface area contributed by atoms with Gasteiger partial charge in [0.1, 0.15) is 0 Å². The molecule has 0 saturated carbocycles. The maximum absolute atomic E-state index is 4.27. The molecule has 2 rings (SSSR count). The fourth-order valence-electron chi connectivity index (χ4n) is 2.69. The molecule has 0 amide bonds. The minimum Gasteiger partial charge on any atom is -0.356 e. The van der Waals surface area contributed by atoms with E-state index in [0.717, 1.165) is 30.4 Å². The number of nitrogens with zero attached hydrogens (tertiary/aromatic N) is 5. The first-order valence-corrected chi connectivity index (χ1v) is 9.08. The molecule has 2 aromatic rings. The second kappa shape index (κ2) is 12.9. The molecule has 8 heteroatoms. The highest BCUT2D eigenvalue weighted by molar-refractivity contribution is 14.0. The summed E-state index contributed by atoms with van der Waals surface area (Å²) in [6.45, 7) is 2.72. The monoisotopic (exact) mass is 473 g/mol. The minimum absolute atomic E-state index is 0. The van der Waals surface area contributed by atoms with E-state index in [0.29, 0.717) is 6.54 Å². The van der Waals surface area contributed by atoms with Crippen LogP contribution in [0.1, 0.15) is 37.9 Å². The Balaban J connectivity index is 0.00000338. The van der Waals surface area contributed by atoms with E-state index < -0.39 is 0 Å². The van der Waals surface area contributed by atoms with Gasteiger partial charge in [-0.1, -0.05) is 25.3 Å². The summed E-state index contributed by atoms with van der Waals surface area (Å²) in [7, 11) is 6.05. The van der Waals surface area contributed by atoms with Crippen LogP contribution in [0.4, 0.5) is 0 Å². The third-order valence-electron chi connectivity index (χ3n) is 4.10. The van der Waals surface area contributed by atoms with Crippen LogP contribution in [-0.4, -0.2) is 59.7 Å². The van der Waals surface area contributed by atoms with Crippen molar-refractivity contribution in [2.24, 2.45) is 4.99 Å². The zero-order valence-electron chi connectivity index (χ0n) is 16.1. The Morgan fingerprint density at radius 3 is 2.62 bits per heavy atom. The van der Waals surface area contributed by atoms with Crippen molar-refractivity contribution in [3.63, 3.8) is 0 Å². The molecule has 0 radical (unpaired) electrons. The lowest BCUT2D eigenvalue weighted by Gasteiger charge is -2.11. The Labute approximate surface area is 173 Å². The molecule has 0 aromatic carbocycles. The summed E-state index contributed by atoms with van der Waals surface area (Å²) in [5.74, 6) is 1.68. The molecule has 2 N–H and O–H groups in total. The zero-order valence-corrected chi connectivity index (χ0v) is 18.4. The van der Waals surface area contributed by atoms with Gasteiger partial charge in [-0.05, 0) is 45.6 Å². The average molecular weight is 473 g/mol. The summed E-state index contributed by atoms with van der Waals surface area (Å²) >= 11 is 0. The van der Waals surface area contributed by atoms with Crippen molar-refractivity contribution in [2.75, 3.05) is 34.2 Å². The number of hydrogen-bond acceptors (Lipinski definition) is 4. The number of halogens is 1. The fraction of sp³-hybridized carbons (Fsp3) is 0.611. The number of aromatic nitrogens is 3. The summed E-state index contributed by atoms with van der Waals surface area (Å²) in [5.41, 5.74) is 0.858. The molecule has 2 aromatic heterocycles. The Bertz CT molecular complexity index is 654. The van der Waals surface area contributed by atoms with Crippen LogP contribution in [0.3, 0.4) is 0 Å². The van der Waals surface area contributed by atoms with Crippen molar-refractivity contribution >= 4 is 35.6 Å². The molecule has 26 heavy (non-hydrogen) atoms. The van der Waals surface area contributed by atoms with Gasteiger partial charge in [0.2, 0.25) is 0 Å². The molecule has 0 saturated heterocycles. The molecule has 2 heterocycles. The third-order valence-corrected chi connectivity index (χ3v) is 4.10.